The van der Waals surface area contributed by atoms with Crippen molar-refractivity contribution in [2.24, 2.45) is 0 Å². The van der Waals surface area contributed by atoms with Crippen LogP contribution in [0.1, 0.15) is 0 Å². The molecule has 2 N–H and O–H groups in total. The number of amides is 1. The third-order valence-electron chi connectivity index (χ3n) is 2.02. The number of carbonyl (C=O) groups is 1. The van der Waals surface area contributed by atoms with Gasteiger partial charge in [-0.1, -0.05) is 0 Å². The average Bonchev–Trinajstić information content (AvgIpc) is 2.27. The molecule has 1 aromatic rings. The van der Waals surface area contributed by atoms with Crippen LogP contribution in [0.4, 0.5) is 16.2 Å². The van der Waals surface area contributed by atoms with Gasteiger partial charge in [0.15, 0.2) is 5.75 Å². The fraction of sp³-hybridized carbons (Fsp3) is 0.100. The van der Waals surface area contributed by atoms with E-state index >= 15 is 0 Å². The van der Waals surface area contributed by atoms with E-state index in [1.54, 1.807) is 18.2 Å². The second kappa shape index (κ2) is 3.53. The molecule has 0 unspecified atom stereocenters. The lowest BCUT2D eigenvalue weighted by Gasteiger charge is -2.23. The number of benzene rings is 1. The highest BCUT2D eigenvalue weighted by Gasteiger charge is 2.21. The SMILES string of the molecule is COC(=O)N1C=COc2ccc(N)cc21. The van der Waals surface area contributed by atoms with Crippen LogP contribution in [0.2, 0.25) is 0 Å². The summed E-state index contributed by atoms with van der Waals surface area (Å²) in [7, 11) is 1.32. The number of nitrogens with zero attached hydrogens (tertiary/aromatic N) is 1. The molecule has 0 radical (unpaired) electrons. The Morgan fingerprint density at radius 2 is 2.33 bits per heavy atom. The Balaban J connectivity index is 2.45. The average molecular weight is 206 g/mol. The number of hydrogen-bond acceptors (Lipinski definition) is 4. The van der Waals surface area contributed by atoms with Gasteiger partial charge in [-0.25, -0.2) is 9.69 Å². The van der Waals surface area contributed by atoms with Crippen LogP contribution in [0.15, 0.2) is 30.7 Å². The van der Waals surface area contributed by atoms with E-state index in [0.29, 0.717) is 17.1 Å². The van der Waals surface area contributed by atoms with Gasteiger partial charge < -0.3 is 15.2 Å². The van der Waals surface area contributed by atoms with Gasteiger partial charge in [0, 0.05) is 5.69 Å². The Labute approximate surface area is 86.7 Å². The molecule has 1 aromatic carbocycles. The molecule has 0 saturated heterocycles. The van der Waals surface area contributed by atoms with Crippen molar-refractivity contribution >= 4 is 17.5 Å². The van der Waals surface area contributed by atoms with Gasteiger partial charge >= 0.3 is 6.09 Å². The van der Waals surface area contributed by atoms with Crippen LogP contribution in [0.5, 0.6) is 5.75 Å². The molecule has 1 heterocycles. The quantitative estimate of drug-likeness (QED) is 0.656. The topological polar surface area (TPSA) is 64.8 Å². The first-order valence-electron chi connectivity index (χ1n) is 4.32. The Bertz CT molecular complexity index is 429. The maximum Gasteiger partial charge on any atom is 0.418 e. The van der Waals surface area contributed by atoms with Crippen LogP contribution >= 0.6 is 0 Å². The van der Waals surface area contributed by atoms with Crippen molar-refractivity contribution in [2.45, 2.75) is 0 Å². The van der Waals surface area contributed by atoms with Crippen molar-refractivity contribution in [3.05, 3.63) is 30.7 Å². The third-order valence-corrected chi connectivity index (χ3v) is 2.02. The number of methoxy groups -OCH3 is 1. The van der Waals surface area contributed by atoms with Crippen LogP contribution in [-0.2, 0) is 4.74 Å². The zero-order chi connectivity index (χ0) is 10.8. The molecular weight excluding hydrogens is 196 g/mol. The molecule has 5 heteroatoms. The summed E-state index contributed by atoms with van der Waals surface area (Å²) in [6.07, 6.45) is 2.41. The predicted molar refractivity (Wildman–Crippen MR) is 55.5 cm³/mol. The summed E-state index contributed by atoms with van der Waals surface area (Å²) < 4.78 is 9.84. The first kappa shape index (κ1) is 9.39. The van der Waals surface area contributed by atoms with Gasteiger partial charge in [-0.05, 0) is 18.2 Å². The number of anilines is 2. The van der Waals surface area contributed by atoms with Gasteiger partial charge in [0.05, 0.1) is 19.0 Å². The molecule has 1 aliphatic heterocycles. The monoisotopic (exact) mass is 206 g/mol. The smallest absolute Gasteiger partial charge is 0.418 e. The highest BCUT2D eigenvalue weighted by molar-refractivity contribution is 5.92. The van der Waals surface area contributed by atoms with Crippen molar-refractivity contribution in [3.63, 3.8) is 0 Å². The summed E-state index contributed by atoms with van der Waals surface area (Å²) in [4.78, 5) is 12.7. The molecule has 0 aromatic heterocycles. The van der Waals surface area contributed by atoms with Crippen molar-refractivity contribution in [3.8, 4) is 5.75 Å². The molecule has 15 heavy (non-hydrogen) atoms. The van der Waals surface area contributed by atoms with Crippen LogP contribution in [0.3, 0.4) is 0 Å². The van der Waals surface area contributed by atoms with Crippen molar-refractivity contribution in [2.75, 3.05) is 17.7 Å². The summed E-state index contributed by atoms with van der Waals surface area (Å²) in [5.74, 6) is 0.567. The van der Waals surface area contributed by atoms with Gasteiger partial charge in [-0.15, -0.1) is 0 Å². The molecule has 2 rings (SSSR count). The zero-order valence-electron chi connectivity index (χ0n) is 8.14. The van der Waals surface area contributed by atoms with Crippen molar-refractivity contribution < 1.29 is 14.3 Å². The number of nitrogens with two attached hydrogens (primary N) is 1. The minimum absolute atomic E-state index is 0.485. The van der Waals surface area contributed by atoms with E-state index in [1.807, 2.05) is 0 Å². The molecule has 0 fully saturated rings. The number of hydrogen-bond donors (Lipinski definition) is 1. The maximum atomic E-state index is 11.4. The molecule has 1 aliphatic rings. The first-order valence-corrected chi connectivity index (χ1v) is 4.32. The number of ether oxygens (including phenoxy) is 2. The molecule has 5 nitrogen and oxygen atoms in total. The molecule has 0 saturated carbocycles. The summed E-state index contributed by atoms with van der Waals surface area (Å²) in [6.45, 7) is 0. The van der Waals surface area contributed by atoms with Crippen molar-refractivity contribution in [1.82, 2.24) is 0 Å². The van der Waals surface area contributed by atoms with Crippen LogP contribution in [0, 0.1) is 0 Å². The van der Waals surface area contributed by atoms with E-state index < -0.39 is 6.09 Å². The normalized spacial score (nSPS) is 13.0. The molecule has 78 valence electrons. The Kier molecular flexibility index (Phi) is 2.21. The number of carbonyl (C=O) groups excluding carboxylic acids is 1. The Morgan fingerprint density at radius 1 is 1.53 bits per heavy atom. The lowest BCUT2D eigenvalue weighted by atomic mass is 10.2. The maximum absolute atomic E-state index is 11.4. The van der Waals surface area contributed by atoms with E-state index in [-0.39, 0.29) is 0 Å². The summed E-state index contributed by atoms with van der Waals surface area (Å²) in [6, 6.07) is 5.05. The van der Waals surface area contributed by atoms with E-state index in [4.69, 9.17) is 10.5 Å². The molecular formula is C10H10N2O3. The van der Waals surface area contributed by atoms with Gasteiger partial charge in [-0.3, -0.25) is 0 Å². The van der Waals surface area contributed by atoms with E-state index in [1.165, 1.54) is 24.5 Å². The lowest BCUT2D eigenvalue weighted by molar-refractivity contribution is 0.180. The minimum Gasteiger partial charge on any atom is -0.461 e. The summed E-state index contributed by atoms with van der Waals surface area (Å²) in [5.41, 5.74) is 6.76. The van der Waals surface area contributed by atoms with Crippen LogP contribution in [0.25, 0.3) is 0 Å². The summed E-state index contributed by atoms with van der Waals surface area (Å²) in [5, 5.41) is 0. The molecule has 0 atom stereocenters. The molecule has 1 amide bonds. The van der Waals surface area contributed by atoms with E-state index in [9.17, 15) is 4.79 Å². The number of fused-ring (bicyclic) bond motifs is 1. The van der Waals surface area contributed by atoms with E-state index in [2.05, 4.69) is 4.74 Å². The lowest BCUT2D eigenvalue weighted by Crippen LogP contribution is -2.27. The minimum atomic E-state index is -0.485. The van der Waals surface area contributed by atoms with Crippen LogP contribution < -0.4 is 15.4 Å². The third kappa shape index (κ3) is 1.59. The standard InChI is InChI=1S/C10H10N2O3/c1-14-10(13)12-4-5-15-9-3-2-7(11)6-8(9)12/h2-6H,11H2,1H3. The second-order valence-electron chi connectivity index (χ2n) is 2.97. The van der Waals surface area contributed by atoms with Gasteiger partial charge in [-0.2, -0.15) is 0 Å². The molecule has 0 bridgehead atoms. The highest BCUT2D eigenvalue weighted by atomic mass is 16.5. The second-order valence-corrected chi connectivity index (χ2v) is 2.97. The summed E-state index contributed by atoms with van der Waals surface area (Å²) >= 11 is 0. The van der Waals surface area contributed by atoms with Gasteiger partial charge in [0.1, 0.15) is 6.26 Å². The van der Waals surface area contributed by atoms with Gasteiger partial charge in [0.25, 0.3) is 0 Å². The Hall–Kier alpha value is -2.17. The molecule has 0 spiro atoms. The number of nitrogen functional groups attached to an aromatic ring is 1. The molecule has 0 aliphatic carbocycles. The van der Waals surface area contributed by atoms with E-state index in [0.717, 1.165) is 0 Å². The highest BCUT2D eigenvalue weighted by Crippen LogP contribution is 2.33. The first-order chi connectivity index (χ1) is 7.22. The fourth-order valence-electron chi connectivity index (χ4n) is 1.32. The fourth-order valence-corrected chi connectivity index (χ4v) is 1.32. The zero-order valence-corrected chi connectivity index (χ0v) is 8.14. The van der Waals surface area contributed by atoms with Crippen LogP contribution in [-0.4, -0.2) is 13.2 Å². The van der Waals surface area contributed by atoms with Gasteiger partial charge in [0.2, 0.25) is 0 Å². The number of rotatable bonds is 0. The van der Waals surface area contributed by atoms with Crippen molar-refractivity contribution in [1.29, 1.82) is 0 Å². The Morgan fingerprint density at radius 3 is 3.07 bits per heavy atom. The largest absolute Gasteiger partial charge is 0.461 e. The predicted octanol–water partition coefficient (Wildman–Crippen LogP) is 1.71.